The Morgan fingerprint density at radius 1 is 0.958 bits per heavy atom. The number of hydrogen-bond donors (Lipinski definition) is 1. The summed E-state index contributed by atoms with van der Waals surface area (Å²) in [5, 5.41) is 12.7. The maximum absolute atomic E-state index is 14.2. The molecule has 48 heavy (non-hydrogen) atoms. The fourth-order valence-corrected chi connectivity index (χ4v) is 7.49. The first-order chi connectivity index (χ1) is 23.2. The molecule has 2 heterocycles. The van der Waals surface area contributed by atoms with E-state index >= 15 is 0 Å². The number of aryl methyl sites for hydroxylation is 1. The molecular weight excluding hydrogens is 644 g/mol. The summed E-state index contributed by atoms with van der Waals surface area (Å²) in [5.74, 6) is -1.54. The highest BCUT2D eigenvalue weighted by molar-refractivity contribution is 7.85. The summed E-state index contributed by atoms with van der Waals surface area (Å²) in [6, 6.07) is 13.8. The number of aromatic hydroxyl groups is 1. The van der Waals surface area contributed by atoms with Gasteiger partial charge >= 0.3 is 11.9 Å². The van der Waals surface area contributed by atoms with Crippen molar-refractivity contribution in [3.8, 4) is 34.5 Å². The number of esters is 2. The number of phenols is 1. The summed E-state index contributed by atoms with van der Waals surface area (Å²) < 4.78 is 59.8. The molecule has 1 spiro atoms. The zero-order chi connectivity index (χ0) is 34.2. The van der Waals surface area contributed by atoms with Crippen LogP contribution in [-0.2, 0) is 49.1 Å². The van der Waals surface area contributed by atoms with E-state index in [2.05, 4.69) is 0 Å². The number of hydrogen-bond acceptors (Lipinski definition) is 12. The minimum atomic E-state index is -1.82. The van der Waals surface area contributed by atoms with E-state index in [1.807, 2.05) is 6.07 Å². The van der Waals surface area contributed by atoms with Gasteiger partial charge in [0.25, 0.3) is 5.79 Å². The Bertz CT molecular complexity index is 1940. The Labute approximate surface area is 278 Å². The summed E-state index contributed by atoms with van der Waals surface area (Å²) in [5.41, 5.74) is 1.43. The zero-order valence-electron chi connectivity index (χ0n) is 27.0. The zero-order valence-corrected chi connectivity index (χ0v) is 27.8. The van der Waals surface area contributed by atoms with E-state index in [0.717, 1.165) is 0 Å². The van der Waals surface area contributed by atoms with Crippen LogP contribution in [0.4, 0.5) is 0 Å². The van der Waals surface area contributed by atoms with E-state index in [9.17, 15) is 18.9 Å². The van der Waals surface area contributed by atoms with E-state index < -0.39 is 28.5 Å². The third-order valence-corrected chi connectivity index (χ3v) is 9.87. The Morgan fingerprint density at radius 2 is 1.71 bits per heavy atom. The minimum absolute atomic E-state index is 0.0212. The van der Waals surface area contributed by atoms with Crippen molar-refractivity contribution in [2.24, 2.45) is 0 Å². The summed E-state index contributed by atoms with van der Waals surface area (Å²) in [6.07, 6.45) is 0.582. The van der Waals surface area contributed by atoms with Crippen molar-refractivity contribution in [2.75, 3.05) is 42.3 Å². The Kier molecular flexibility index (Phi) is 9.08. The third kappa shape index (κ3) is 5.62. The molecule has 2 aliphatic heterocycles. The van der Waals surface area contributed by atoms with Crippen LogP contribution in [0.1, 0.15) is 33.5 Å². The van der Waals surface area contributed by atoms with Gasteiger partial charge in [-0.05, 0) is 35.7 Å². The molecule has 12 nitrogen and oxygen atoms in total. The van der Waals surface area contributed by atoms with Gasteiger partial charge < -0.3 is 43.0 Å². The Balaban J connectivity index is 1.53. The molecule has 2 aliphatic rings. The fourth-order valence-electron chi connectivity index (χ4n) is 6.20. The molecule has 13 heteroatoms. The summed E-state index contributed by atoms with van der Waals surface area (Å²) in [6.45, 7) is -0.106. The van der Waals surface area contributed by atoms with E-state index in [-0.39, 0.29) is 53.1 Å². The van der Waals surface area contributed by atoms with Crippen LogP contribution in [0.15, 0.2) is 58.3 Å². The lowest BCUT2D eigenvalue weighted by molar-refractivity contribution is -0.139. The molecule has 0 saturated carbocycles. The number of carbonyl (C=O) groups excluding carboxylic acids is 2. The van der Waals surface area contributed by atoms with Gasteiger partial charge in [0.15, 0.2) is 18.3 Å². The van der Waals surface area contributed by atoms with Gasteiger partial charge in [-0.1, -0.05) is 24.3 Å². The maximum Gasteiger partial charge on any atom is 0.342 e. The first-order valence-corrected chi connectivity index (χ1v) is 16.1. The van der Waals surface area contributed by atoms with Crippen molar-refractivity contribution in [1.29, 1.82) is 0 Å². The number of benzene rings is 4. The van der Waals surface area contributed by atoms with Crippen molar-refractivity contribution in [1.82, 2.24) is 0 Å². The highest BCUT2D eigenvalue weighted by Crippen LogP contribution is 2.56. The van der Waals surface area contributed by atoms with Crippen LogP contribution in [0.25, 0.3) is 10.8 Å². The van der Waals surface area contributed by atoms with Gasteiger partial charge in [-0.2, -0.15) is 0 Å². The lowest BCUT2D eigenvalue weighted by Crippen LogP contribution is -2.44. The van der Waals surface area contributed by atoms with E-state index in [4.69, 9.17) is 37.9 Å². The highest BCUT2D eigenvalue weighted by Gasteiger charge is 2.49. The number of phenolic OH excluding ortho intramolecular Hbond substituents is 1. The van der Waals surface area contributed by atoms with Crippen molar-refractivity contribution in [3.63, 3.8) is 0 Å². The Morgan fingerprint density at radius 3 is 2.38 bits per heavy atom. The van der Waals surface area contributed by atoms with Gasteiger partial charge in [-0.25, -0.2) is 9.00 Å². The lowest BCUT2D eigenvalue weighted by atomic mass is 9.91. The van der Waals surface area contributed by atoms with Crippen LogP contribution in [0.3, 0.4) is 0 Å². The average molecular weight is 679 g/mol. The van der Waals surface area contributed by atoms with Crippen LogP contribution in [0.5, 0.6) is 34.5 Å². The second-order valence-corrected chi connectivity index (χ2v) is 12.6. The van der Waals surface area contributed by atoms with Gasteiger partial charge in [-0.3, -0.25) is 4.79 Å². The molecule has 0 aliphatic carbocycles. The van der Waals surface area contributed by atoms with Crippen molar-refractivity contribution < 1.29 is 56.8 Å². The number of carbonyl (C=O) groups is 2. The molecule has 1 N–H and O–H groups in total. The largest absolute Gasteiger partial charge is 0.506 e. The van der Waals surface area contributed by atoms with Gasteiger partial charge in [0, 0.05) is 35.4 Å². The summed E-state index contributed by atoms with van der Waals surface area (Å²) in [7, 11) is 5.03. The molecule has 2 atom stereocenters. The molecule has 252 valence electrons. The van der Waals surface area contributed by atoms with Crippen LogP contribution in [0.2, 0.25) is 0 Å². The van der Waals surface area contributed by atoms with E-state index in [1.165, 1.54) is 35.5 Å². The minimum Gasteiger partial charge on any atom is -0.506 e. The van der Waals surface area contributed by atoms with Crippen molar-refractivity contribution in [3.05, 3.63) is 70.8 Å². The molecule has 2 unspecified atom stereocenters. The monoisotopic (exact) mass is 678 g/mol. The van der Waals surface area contributed by atoms with Crippen LogP contribution >= 0.6 is 0 Å². The quantitative estimate of drug-likeness (QED) is 0.180. The van der Waals surface area contributed by atoms with E-state index in [0.29, 0.717) is 56.7 Å². The fraction of sp³-hybridized carbons (Fsp3) is 0.314. The number of fused-ring (bicyclic) bond motifs is 4. The molecular formula is C35H34O12S. The SMILES string of the molecule is COCOc1cc(OC)cc2c(S(=O)c3ccccc3)c(O)c3c(c12)OC1(CCc2cc(CC(=O)OC)c(C(=O)OC)c(OC)c2O1)C3. The predicted octanol–water partition coefficient (Wildman–Crippen LogP) is 4.87. The van der Waals surface area contributed by atoms with Crippen LogP contribution in [0, 0.1) is 0 Å². The third-order valence-electron chi connectivity index (χ3n) is 8.38. The molecule has 0 bridgehead atoms. The lowest BCUT2D eigenvalue weighted by Gasteiger charge is -2.36. The Hall–Kier alpha value is -5.01. The first kappa shape index (κ1) is 32.9. The van der Waals surface area contributed by atoms with E-state index in [1.54, 1.807) is 42.5 Å². The second-order valence-electron chi connectivity index (χ2n) is 11.1. The van der Waals surface area contributed by atoms with Crippen LogP contribution < -0.4 is 23.7 Å². The van der Waals surface area contributed by atoms with Crippen molar-refractivity contribution in [2.45, 2.75) is 41.3 Å². The molecule has 6 rings (SSSR count). The number of rotatable bonds is 10. The standard InChI is InChI=1S/C35H34O12S/c1-40-18-45-25-16-21(41-2)15-23-28(25)31-24(29(37)33(23)48(39)22-9-7-6-8-10-22)17-35(47-31)12-11-19-13-20(14-26(36)42-3)27(34(38)44-5)32(43-4)30(19)46-35/h6-10,13,15-16,37H,11-12,14,17-18H2,1-5H3. The second kappa shape index (κ2) is 13.2. The average Bonchev–Trinajstić information content (AvgIpc) is 3.48. The molecule has 0 saturated heterocycles. The molecule has 4 aromatic carbocycles. The predicted molar refractivity (Wildman–Crippen MR) is 172 cm³/mol. The number of methoxy groups -OCH3 is 5. The van der Waals surface area contributed by atoms with Gasteiger partial charge in [0.05, 0.1) is 62.4 Å². The summed E-state index contributed by atoms with van der Waals surface area (Å²) >= 11 is 0. The van der Waals surface area contributed by atoms with Gasteiger partial charge in [0.2, 0.25) is 0 Å². The topological polar surface area (TPSA) is 145 Å². The molecule has 0 fully saturated rings. The molecule has 4 aromatic rings. The molecule has 0 amide bonds. The normalized spacial score (nSPS) is 16.7. The smallest absolute Gasteiger partial charge is 0.342 e. The number of ether oxygens (including phenoxy) is 8. The van der Waals surface area contributed by atoms with Gasteiger partial charge in [0.1, 0.15) is 28.6 Å². The molecule has 0 aromatic heterocycles. The first-order valence-electron chi connectivity index (χ1n) is 14.9. The molecule has 0 radical (unpaired) electrons. The summed E-state index contributed by atoms with van der Waals surface area (Å²) in [4.78, 5) is 25.9. The highest BCUT2D eigenvalue weighted by atomic mass is 32.2. The van der Waals surface area contributed by atoms with Crippen LogP contribution in [-0.4, -0.2) is 69.4 Å². The van der Waals surface area contributed by atoms with Gasteiger partial charge in [-0.15, -0.1) is 0 Å². The van der Waals surface area contributed by atoms with Crippen molar-refractivity contribution >= 4 is 33.5 Å². The maximum atomic E-state index is 14.2.